The molecule has 1 fully saturated rings. The van der Waals surface area contributed by atoms with E-state index in [0.717, 1.165) is 6.42 Å². The summed E-state index contributed by atoms with van der Waals surface area (Å²) < 4.78 is 5.81. The van der Waals surface area contributed by atoms with E-state index in [4.69, 9.17) is 4.74 Å². The molecule has 0 heterocycles. The molecule has 1 saturated carbocycles. The van der Waals surface area contributed by atoms with Crippen LogP contribution in [-0.4, -0.2) is 35.4 Å². The van der Waals surface area contributed by atoms with Crippen LogP contribution < -0.4 is 5.32 Å². The standard InChI is InChI=1S/C15H29NO3/c1-4-15(14(17)18,16-12(2)3)10-7-11-19-13-8-5-6-9-13/h12-13,16H,4-11H2,1-3H3,(H,17,18). The Bertz CT molecular complexity index is 275. The van der Waals surface area contributed by atoms with E-state index in [2.05, 4.69) is 5.32 Å². The number of hydrogen-bond acceptors (Lipinski definition) is 3. The molecule has 112 valence electrons. The Labute approximate surface area is 116 Å². The average Bonchev–Trinajstić information content (AvgIpc) is 2.85. The summed E-state index contributed by atoms with van der Waals surface area (Å²) in [6.07, 6.45) is 7.33. The molecule has 0 amide bonds. The van der Waals surface area contributed by atoms with Crippen LogP contribution in [0.5, 0.6) is 0 Å². The maximum absolute atomic E-state index is 11.5. The molecule has 0 bridgehead atoms. The third kappa shape index (κ3) is 5.11. The van der Waals surface area contributed by atoms with E-state index in [-0.39, 0.29) is 6.04 Å². The van der Waals surface area contributed by atoms with Crippen molar-refractivity contribution in [1.82, 2.24) is 5.32 Å². The highest BCUT2D eigenvalue weighted by atomic mass is 16.5. The van der Waals surface area contributed by atoms with Gasteiger partial charge in [-0.15, -0.1) is 0 Å². The van der Waals surface area contributed by atoms with Crippen molar-refractivity contribution in [2.24, 2.45) is 0 Å². The lowest BCUT2D eigenvalue weighted by atomic mass is 9.89. The molecule has 4 heteroatoms. The Morgan fingerprint density at radius 3 is 2.53 bits per heavy atom. The van der Waals surface area contributed by atoms with Crippen molar-refractivity contribution in [3.05, 3.63) is 0 Å². The minimum atomic E-state index is -0.798. The van der Waals surface area contributed by atoms with Crippen LogP contribution in [0.2, 0.25) is 0 Å². The van der Waals surface area contributed by atoms with Gasteiger partial charge in [-0.2, -0.15) is 0 Å². The molecule has 2 N–H and O–H groups in total. The third-order valence-corrected chi connectivity index (χ3v) is 3.98. The predicted octanol–water partition coefficient (Wildman–Crippen LogP) is 2.96. The Morgan fingerprint density at radius 1 is 1.42 bits per heavy atom. The lowest BCUT2D eigenvalue weighted by molar-refractivity contribution is -0.146. The summed E-state index contributed by atoms with van der Waals surface area (Å²) >= 11 is 0. The molecular formula is C15H29NO3. The smallest absolute Gasteiger partial charge is 0.323 e. The summed E-state index contributed by atoms with van der Waals surface area (Å²) in [6.45, 7) is 6.59. The fraction of sp³-hybridized carbons (Fsp3) is 0.933. The fourth-order valence-electron chi connectivity index (χ4n) is 2.90. The van der Waals surface area contributed by atoms with Crippen molar-refractivity contribution in [2.75, 3.05) is 6.61 Å². The van der Waals surface area contributed by atoms with Gasteiger partial charge in [0.05, 0.1) is 6.10 Å². The molecular weight excluding hydrogens is 242 g/mol. The topological polar surface area (TPSA) is 58.6 Å². The molecule has 1 rings (SSSR count). The lowest BCUT2D eigenvalue weighted by Crippen LogP contribution is -2.54. The lowest BCUT2D eigenvalue weighted by Gasteiger charge is -2.31. The quantitative estimate of drug-likeness (QED) is 0.633. The van der Waals surface area contributed by atoms with Crippen LogP contribution in [0.25, 0.3) is 0 Å². The van der Waals surface area contributed by atoms with E-state index >= 15 is 0 Å². The molecule has 0 spiro atoms. The molecule has 0 radical (unpaired) electrons. The number of ether oxygens (including phenoxy) is 1. The minimum absolute atomic E-state index is 0.173. The van der Waals surface area contributed by atoms with E-state index in [9.17, 15) is 9.90 Å². The van der Waals surface area contributed by atoms with Crippen LogP contribution in [0.4, 0.5) is 0 Å². The summed E-state index contributed by atoms with van der Waals surface area (Å²) in [5.74, 6) is -0.746. The number of rotatable bonds is 9. The fourth-order valence-corrected chi connectivity index (χ4v) is 2.90. The molecule has 1 atom stereocenters. The van der Waals surface area contributed by atoms with E-state index in [1.165, 1.54) is 25.7 Å². The first-order chi connectivity index (χ1) is 9.00. The zero-order valence-corrected chi connectivity index (χ0v) is 12.6. The van der Waals surface area contributed by atoms with Gasteiger partial charge in [-0.3, -0.25) is 10.1 Å². The molecule has 19 heavy (non-hydrogen) atoms. The number of carboxylic acid groups (broad SMARTS) is 1. The molecule has 0 aromatic carbocycles. The second kappa shape index (κ2) is 7.85. The summed E-state index contributed by atoms with van der Waals surface area (Å²) in [4.78, 5) is 11.5. The van der Waals surface area contributed by atoms with Crippen molar-refractivity contribution in [1.29, 1.82) is 0 Å². The highest BCUT2D eigenvalue weighted by molar-refractivity contribution is 5.78. The van der Waals surface area contributed by atoms with Crippen LogP contribution >= 0.6 is 0 Å². The van der Waals surface area contributed by atoms with Crippen LogP contribution in [0, 0.1) is 0 Å². The molecule has 0 aliphatic heterocycles. The van der Waals surface area contributed by atoms with Gasteiger partial charge < -0.3 is 9.84 Å². The summed E-state index contributed by atoms with van der Waals surface area (Å²) in [6, 6.07) is 0.173. The van der Waals surface area contributed by atoms with Gasteiger partial charge in [-0.25, -0.2) is 0 Å². The van der Waals surface area contributed by atoms with Crippen molar-refractivity contribution >= 4 is 5.97 Å². The molecule has 4 nitrogen and oxygen atoms in total. The zero-order chi connectivity index (χ0) is 14.3. The van der Waals surface area contributed by atoms with Crippen molar-refractivity contribution in [2.45, 2.75) is 83.4 Å². The van der Waals surface area contributed by atoms with E-state index in [1.54, 1.807) is 0 Å². The van der Waals surface area contributed by atoms with E-state index < -0.39 is 11.5 Å². The monoisotopic (exact) mass is 271 g/mol. The Morgan fingerprint density at radius 2 is 2.05 bits per heavy atom. The SMILES string of the molecule is CCC(CCCOC1CCCC1)(NC(C)C)C(=O)O. The number of carbonyl (C=O) groups is 1. The van der Waals surface area contributed by atoms with Gasteiger partial charge in [0.15, 0.2) is 0 Å². The third-order valence-electron chi connectivity index (χ3n) is 3.98. The Kier molecular flexibility index (Phi) is 6.80. The summed E-state index contributed by atoms with van der Waals surface area (Å²) in [5, 5.41) is 12.7. The molecule has 0 aromatic rings. The second-order valence-electron chi connectivity index (χ2n) is 5.92. The summed E-state index contributed by atoms with van der Waals surface area (Å²) in [7, 11) is 0. The van der Waals surface area contributed by atoms with Gasteiger partial charge in [0.25, 0.3) is 0 Å². The molecule has 1 aliphatic rings. The van der Waals surface area contributed by atoms with Gasteiger partial charge in [0, 0.05) is 12.6 Å². The van der Waals surface area contributed by atoms with Crippen molar-refractivity contribution in [3.8, 4) is 0 Å². The van der Waals surface area contributed by atoms with Crippen LogP contribution in [0.15, 0.2) is 0 Å². The first-order valence-corrected chi connectivity index (χ1v) is 7.63. The van der Waals surface area contributed by atoms with Crippen LogP contribution in [0.1, 0.15) is 65.7 Å². The first-order valence-electron chi connectivity index (χ1n) is 7.63. The molecule has 0 aromatic heterocycles. The summed E-state index contributed by atoms with van der Waals surface area (Å²) in [5.41, 5.74) is -0.798. The van der Waals surface area contributed by atoms with E-state index in [1.807, 2.05) is 20.8 Å². The average molecular weight is 271 g/mol. The Balaban J connectivity index is 2.36. The van der Waals surface area contributed by atoms with E-state index in [0.29, 0.717) is 25.6 Å². The molecule has 1 aliphatic carbocycles. The van der Waals surface area contributed by atoms with Gasteiger partial charge in [-0.05, 0) is 46.0 Å². The number of nitrogens with one attached hydrogen (secondary N) is 1. The highest BCUT2D eigenvalue weighted by Crippen LogP contribution is 2.23. The van der Waals surface area contributed by atoms with Gasteiger partial charge in [0.1, 0.15) is 5.54 Å². The first kappa shape index (κ1) is 16.4. The molecule has 0 saturated heterocycles. The van der Waals surface area contributed by atoms with Crippen molar-refractivity contribution < 1.29 is 14.6 Å². The Hall–Kier alpha value is -0.610. The van der Waals surface area contributed by atoms with Crippen LogP contribution in [-0.2, 0) is 9.53 Å². The number of aliphatic carboxylic acids is 1. The van der Waals surface area contributed by atoms with Gasteiger partial charge in [-0.1, -0.05) is 19.8 Å². The van der Waals surface area contributed by atoms with Crippen LogP contribution in [0.3, 0.4) is 0 Å². The maximum Gasteiger partial charge on any atom is 0.323 e. The highest BCUT2D eigenvalue weighted by Gasteiger charge is 2.36. The van der Waals surface area contributed by atoms with Gasteiger partial charge in [0.2, 0.25) is 0 Å². The second-order valence-corrected chi connectivity index (χ2v) is 5.92. The normalized spacial score (nSPS) is 19.8. The van der Waals surface area contributed by atoms with Gasteiger partial charge >= 0.3 is 5.97 Å². The predicted molar refractivity (Wildman–Crippen MR) is 76.4 cm³/mol. The zero-order valence-electron chi connectivity index (χ0n) is 12.6. The molecule has 1 unspecified atom stereocenters. The number of carboxylic acids is 1. The minimum Gasteiger partial charge on any atom is -0.480 e. The largest absolute Gasteiger partial charge is 0.480 e. The number of hydrogen-bond donors (Lipinski definition) is 2. The van der Waals surface area contributed by atoms with Crippen molar-refractivity contribution in [3.63, 3.8) is 0 Å². The maximum atomic E-state index is 11.5.